The van der Waals surface area contributed by atoms with Gasteiger partial charge in [-0.05, 0) is 18.7 Å². The molecule has 0 aliphatic carbocycles. The highest BCUT2D eigenvalue weighted by atomic mass is 32.1. The van der Waals surface area contributed by atoms with Gasteiger partial charge >= 0.3 is 0 Å². The van der Waals surface area contributed by atoms with Gasteiger partial charge in [-0.15, -0.1) is 11.3 Å². The molecule has 1 aromatic heterocycles. The van der Waals surface area contributed by atoms with Crippen LogP contribution < -0.4 is 11.3 Å². The third kappa shape index (κ3) is 3.50. The van der Waals surface area contributed by atoms with Gasteiger partial charge in [0, 0.05) is 24.5 Å². The summed E-state index contributed by atoms with van der Waals surface area (Å²) in [6.45, 7) is 1.30. The highest BCUT2D eigenvalue weighted by Crippen LogP contribution is 2.25. The van der Waals surface area contributed by atoms with Gasteiger partial charge in [0.1, 0.15) is 5.69 Å². The number of hydrogen-bond donors (Lipinski definition) is 2. The Morgan fingerprint density at radius 2 is 2.30 bits per heavy atom. The number of nitrogens with zero attached hydrogens (tertiary/aromatic N) is 3. The fraction of sp³-hybridized carbons (Fsp3) is 0.250. The van der Waals surface area contributed by atoms with Gasteiger partial charge in [-0.25, -0.2) is 4.98 Å². The Labute approximate surface area is 120 Å². The lowest BCUT2D eigenvalue weighted by Crippen LogP contribution is -2.17. The van der Waals surface area contributed by atoms with Crippen LogP contribution in [0, 0.1) is 10.1 Å². The predicted molar refractivity (Wildman–Crippen MR) is 78.2 cm³/mol. The van der Waals surface area contributed by atoms with Gasteiger partial charge < -0.3 is 5.43 Å². The van der Waals surface area contributed by atoms with Gasteiger partial charge in [-0.2, -0.15) is 0 Å². The Morgan fingerprint density at radius 3 is 2.90 bits per heavy atom. The molecule has 0 amide bonds. The number of anilines is 1. The summed E-state index contributed by atoms with van der Waals surface area (Å²) in [6.07, 6.45) is 0. The molecule has 0 unspecified atom stereocenters. The van der Waals surface area contributed by atoms with E-state index in [0.29, 0.717) is 18.8 Å². The number of rotatable bonds is 6. The lowest BCUT2D eigenvalue weighted by atomic mass is 10.1. The van der Waals surface area contributed by atoms with Gasteiger partial charge in [0.2, 0.25) is 0 Å². The minimum atomic E-state index is -0.445. The molecule has 0 saturated carbocycles. The number of benzene rings is 1. The maximum atomic E-state index is 11.0. The van der Waals surface area contributed by atoms with Crippen molar-refractivity contribution in [3.05, 3.63) is 50.5 Å². The minimum absolute atomic E-state index is 0.0212. The average Bonchev–Trinajstić information content (AvgIpc) is 2.91. The Hall–Kier alpha value is -2.03. The van der Waals surface area contributed by atoms with Crippen molar-refractivity contribution in [2.45, 2.75) is 13.1 Å². The van der Waals surface area contributed by atoms with E-state index in [4.69, 9.17) is 5.84 Å². The predicted octanol–water partition coefficient (Wildman–Crippen LogP) is 1.97. The maximum Gasteiger partial charge on any atom is 0.293 e. The zero-order chi connectivity index (χ0) is 14.5. The topological polar surface area (TPSA) is 97.3 Å². The summed E-state index contributed by atoms with van der Waals surface area (Å²) in [5.41, 5.74) is 6.25. The molecular formula is C12H15N5O2S. The average molecular weight is 293 g/mol. The lowest BCUT2D eigenvalue weighted by Gasteiger charge is -2.15. The van der Waals surface area contributed by atoms with Crippen LogP contribution in [0.2, 0.25) is 0 Å². The number of nitrogen functional groups attached to an aromatic ring is 1. The third-order valence-electron chi connectivity index (χ3n) is 2.78. The molecule has 0 bridgehead atoms. The van der Waals surface area contributed by atoms with Crippen molar-refractivity contribution in [1.82, 2.24) is 9.88 Å². The minimum Gasteiger partial charge on any atom is -0.318 e. The number of hydrogen-bond acceptors (Lipinski definition) is 7. The fourth-order valence-corrected chi connectivity index (χ4v) is 2.46. The molecule has 0 atom stereocenters. The van der Waals surface area contributed by atoms with Gasteiger partial charge in [0.15, 0.2) is 0 Å². The van der Waals surface area contributed by atoms with Crippen molar-refractivity contribution in [1.29, 1.82) is 0 Å². The van der Waals surface area contributed by atoms with Crippen molar-refractivity contribution in [2.24, 2.45) is 5.84 Å². The molecule has 0 saturated heterocycles. The third-order valence-corrected chi connectivity index (χ3v) is 3.42. The van der Waals surface area contributed by atoms with E-state index in [1.807, 2.05) is 23.4 Å². The first-order valence-corrected chi connectivity index (χ1v) is 6.84. The molecule has 3 N–H and O–H groups in total. The number of thiazole rings is 1. The smallest absolute Gasteiger partial charge is 0.293 e. The number of hydrazine groups is 1. The number of nitrogens with two attached hydrogens (primary N) is 1. The van der Waals surface area contributed by atoms with Crippen molar-refractivity contribution in [2.75, 3.05) is 12.5 Å². The van der Waals surface area contributed by atoms with E-state index in [-0.39, 0.29) is 5.69 Å². The van der Waals surface area contributed by atoms with Crippen LogP contribution >= 0.6 is 11.3 Å². The molecule has 2 rings (SSSR count). The van der Waals surface area contributed by atoms with E-state index in [2.05, 4.69) is 10.4 Å². The first kappa shape index (κ1) is 14.4. The van der Waals surface area contributed by atoms with Crippen LogP contribution in [-0.2, 0) is 13.1 Å². The van der Waals surface area contributed by atoms with Crippen LogP contribution in [0.15, 0.2) is 29.1 Å². The van der Waals surface area contributed by atoms with Crippen LogP contribution in [0.25, 0.3) is 0 Å². The summed E-state index contributed by atoms with van der Waals surface area (Å²) in [6, 6.07) is 4.97. The first-order chi connectivity index (χ1) is 9.60. The zero-order valence-corrected chi connectivity index (χ0v) is 11.8. The first-order valence-electron chi connectivity index (χ1n) is 5.89. The van der Waals surface area contributed by atoms with Gasteiger partial charge in [0.25, 0.3) is 5.69 Å². The van der Waals surface area contributed by atoms with E-state index >= 15 is 0 Å². The Morgan fingerprint density at radius 1 is 1.50 bits per heavy atom. The number of nitrogens with one attached hydrogen (secondary N) is 1. The fourth-order valence-electron chi connectivity index (χ4n) is 1.91. The number of nitro groups is 1. The summed E-state index contributed by atoms with van der Waals surface area (Å²) in [5.74, 6) is 5.26. The van der Waals surface area contributed by atoms with Crippen LogP contribution in [-0.4, -0.2) is 21.9 Å². The van der Waals surface area contributed by atoms with Crippen LogP contribution in [0.5, 0.6) is 0 Å². The highest BCUT2D eigenvalue weighted by Gasteiger charge is 2.14. The van der Waals surface area contributed by atoms with Crippen molar-refractivity contribution in [3.8, 4) is 0 Å². The standard InChI is InChI=1S/C12H15N5O2S/c1-16(6-10-7-20-8-14-10)5-9-2-3-11(15-13)12(4-9)17(18)19/h2-4,7-8,15H,5-6,13H2,1H3. The van der Waals surface area contributed by atoms with E-state index in [1.165, 1.54) is 6.07 Å². The quantitative estimate of drug-likeness (QED) is 0.480. The molecular weight excluding hydrogens is 278 g/mol. The molecule has 0 spiro atoms. The normalized spacial score (nSPS) is 10.8. The second-order valence-corrected chi connectivity index (χ2v) is 5.12. The molecule has 106 valence electrons. The Bertz CT molecular complexity index is 588. The molecule has 0 fully saturated rings. The van der Waals surface area contributed by atoms with Crippen molar-refractivity contribution in [3.63, 3.8) is 0 Å². The number of nitro benzene ring substituents is 1. The molecule has 1 aromatic carbocycles. The summed E-state index contributed by atoms with van der Waals surface area (Å²) in [4.78, 5) is 16.8. The second-order valence-electron chi connectivity index (χ2n) is 4.41. The lowest BCUT2D eigenvalue weighted by molar-refractivity contribution is -0.384. The molecule has 0 aliphatic heterocycles. The molecule has 0 aliphatic rings. The van der Waals surface area contributed by atoms with E-state index in [9.17, 15) is 10.1 Å². The molecule has 20 heavy (non-hydrogen) atoms. The highest BCUT2D eigenvalue weighted by molar-refractivity contribution is 7.07. The van der Waals surface area contributed by atoms with Gasteiger partial charge in [-0.3, -0.25) is 20.9 Å². The Balaban J connectivity index is 2.09. The summed E-state index contributed by atoms with van der Waals surface area (Å²) in [5, 5.41) is 12.9. The molecule has 7 nitrogen and oxygen atoms in total. The van der Waals surface area contributed by atoms with Gasteiger partial charge in [0.05, 0.1) is 16.1 Å². The Kier molecular flexibility index (Phi) is 4.61. The van der Waals surface area contributed by atoms with E-state index in [1.54, 1.807) is 22.9 Å². The number of aromatic nitrogens is 1. The summed E-state index contributed by atoms with van der Waals surface area (Å²) in [7, 11) is 1.94. The SMILES string of the molecule is CN(Cc1ccc(NN)c([N+](=O)[O-])c1)Cc1cscn1. The van der Waals surface area contributed by atoms with Crippen LogP contribution in [0.3, 0.4) is 0 Å². The summed E-state index contributed by atoms with van der Waals surface area (Å²) >= 11 is 1.55. The molecule has 8 heteroatoms. The zero-order valence-electron chi connectivity index (χ0n) is 10.9. The van der Waals surface area contributed by atoms with Crippen molar-refractivity contribution < 1.29 is 4.92 Å². The summed E-state index contributed by atoms with van der Waals surface area (Å²) < 4.78 is 0. The molecule has 2 aromatic rings. The second kappa shape index (κ2) is 6.42. The van der Waals surface area contributed by atoms with E-state index in [0.717, 1.165) is 11.3 Å². The largest absolute Gasteiger partial charge is 0.318 e. The monoisotopic (exact) mass is 293 g/mol. The maximum absolute atomic E-state index is 11.0. The van der Waals surface area contributed by atoms with Crippen molar-refractivity contribution >= 4 is 22.7 Å². The van der Waals surface area contributed by atoms with Crippen LogP contribution in [0.1, 0.15) is 11.3 Å². The molecule has 1 heterocycles. The van der Waals surface area contributed by atoms with Gasteiger partial charge in [-0.1, -0.05) is 6.07 Å². The van der Waals surface area contributed by atoms with E-state index < -0.39 is 4.92 Å². The molecule has 0 radical (unpaired) electrons. The van der Waals surface area contributed by atoms with Crippen LogP contribution in [0.4, 0.5) is 11.4 Å².